The van der Waals surface area contributed by atoms with Crippen molar-refractivity contribution in [2.24, 2.45) is 0 Å². The average molecular weight is 480 g/mol. The van der Waals surface area contributed by atoms with E-state index in [0.29, 0.717) is 11.3 Å². The van der Waals surface area contributed by atoms with Crippen LogP contribution in [0.1, 0.15) is 32.7 Å². The lowest BCUT2D eigenvalue weighted by Gasteiger charge is -2.11. The lowest BCUT2D eigenvalue weighted by molar-refractivity contribution is 0.0471. The number of ether oxygens (including phenoxy) is 1. The van der Waals surface area contributed by atoms with Crippen LogP contribution in [-0.2, 0) is 11.3 Å². The van der Waals surface area contributed by atoms with Gasteiger partial charge in [0, 0.05) is 22.0 Å². The predicted molar refractivity (Wildman–Crippen MR) is 142 cm³/mol. The Morgan fingerprint density at radius 2 is 1.69 bits per heavy atom. The second kappa shape index (κ2) is 9.68. The van der Waals surface area contributed by atoms with E-state index in [9.17, 15) is 4.79 Å². The number of rotatable bonds is 6. The molecule has 0 aliphatic rings. The summed E-state index contributed by atoms with van der Waals surface area (Å²) in [6, 6.07) is 23.8. The highest BCUT2D eigenvalue weighted by atomic mass is 32.1. The van der Waals surface area contributed by atoms with Gasteiger partial charge in [0.25, 0.3) is 0 Å². The second-order valence-electron chi connectivity index (χ2n) is 8.60. The van der Waals surface area contributed by atoms with E-state index in [1.807, 2.05) is 60.0 Å². The van der Waals surface area contributed by atoms with Crippen LogP contribution in [0.25, 0.3) is 22.2 Å². The van der Waals surface area contributed by atoms with Crippen molar-refractivity contribution in [3.05, 3.63) is 106 Å². The van der Waals surface area contributed by atoms with Crippen LogP contribution < -0.4 is 5.32 Å². The Kier molecular flexibility index (Phi) is 6.29. The van der Waals surface area contributed by atoms with Gasteiger partial charge >= 0.3 is 5.97 Å². The highest BCUT2D eigenvalue weighted by Gasteiger charge is 2.17. The lowest BCUT2D eigenvalue weighted by atomic mass is 9.99. The number of pyridine rings is 1. The van der Waals surface area contributed by atoms with Gasteiger partial charge in [0.1, 0.15) is 6.61 Å². The molecule has 1 N–H and O–H groups in total. The number of hydrogen-bond donors (Lipinski definition) is 1. The largest absolute Gasteiger partial charge is 0.456 e. The molecule has 2 heterocycles. The van der Waals surface area contributed by atoms with Gasteiger partial charge in [-0.15, -0.1) is 11.3 Å². The number of nitrogens with one attached hydrogen (secondary N) is 1. The molecule has 5 aromatic rings. The highest BCUT2D eigenvalue weighted by Crippen LogP contribution is 2.28. The summed E-state index contributed by atoms with van der Waals surface area (Å²) in [7, 11) is 0. The monoisotopic (exact) mass is 479 g/mol. The number of carbonyl (C=O) groups is 1. The zero-order chi connectivity index (χ0) is 24.4. The third kappa shape index (κ3) is 5.08. The summed E-state index contributed by atoms with van der Waals surface area (Å²) in [6.45, 7) is 6.27. The molecule has 0 unspecified atom stereocenters. The molecule has 174 valence electrons. The molecule has 35 heavy (non-hydrogen) atoms. The normalized spacial score (nSPS) is 10.9. The van der Waals surface area contributed by atoms with Gasteiger partial charge in [0.2, 0.25) is 0 Å². The molecule has 5 rings (SSSR count). The number of esters is 1. The molecular formula is C29H25N3O2S. The van der Waals surface area contributed by atoms with Crippen molar-refractivity contribution in [2.45, 2.75) is 27.4 Å². The number of fused-ring (bicyclic) bond motifs is 1. The lowest BCUT2D eigenvalue weighted by Crippen LogP contribution is -2.07. The Hall–Kier alpha value is -4.03. The minimum absolute atomic E-state index is 0.0977. The topological polar surface area (TPSA) is 64.1 Å². The molecule has 0 aliphatic heterocycles. The third-order valence-corrected chi connectivity index (χ3v) is 6.61. The van der Waals surface area contributed by atoms with E-state index in [-0.39, 0.29) is 6.61 Å². The molecule has 0 spiro atoms. The third-order valence-electron chi connectivity index (χ3n) is 5.80. The van der Waals surface area contributed by atoms with Gasteiger partial charge in [-0.1, -0.05) is 59.7 Å². The van der Waals surface area contributed by atoms with Crippen molar-refractivity contribution in [2.75, 3.05) is 5.32 Å². The number of carbonyl (C=O) groups excluding carboxylic acids is 1. The second-order valence-corrected chi connectivity index (χ2v) is 9.46. The van der Waals surface area contributed by atoms with E-state index in [1.54, 1.807) is 0 Å². The molecule has 0 atom stereocenters. The van der Waals surface area contributed by atoms with Crippen LogP contribution >= 0.6 is 11.3 Å². The van der Waals surface area contributed by atoms with Gasteiger partial charge in [-0.25, -0.2) is 14.8 Å². The quantitative estimate of drug-likeness (QED) is 0.257. The van der Waals surface area contributed by atoms with Crippen LogP contribution in [-0.4, -0.2) is 15.9 Å². The minimum atomic E-state index is -0.393. The van der Waals surface area contributed by atoms with E-state index in [0.717, 1.165) is 38.5 Å². The van der Waals surface area contributed by atoms with Gasteiger partial charge in [0.15, 0.2) is 5.13 Å². The fourth-order valence-corrected chi connectivity index (χ4v) is 4.71. The van der Waals surface area contributed by atoms with Crippen LogP contribution in [0.15, 0.2) is 78.2 Å². The number of thiazole rings is 1. The van der Waals surface area contributed by atoms with Crippen molar-refractivity contribution in [1.82, 2.24) is 9.97 Å². The van der Waals surface area contributed by atoms with Crippen LogP contribution in [0.5, 0.6) is 0 Å². The number of anilines is 2. The number of nitrogens with zero attached hydrogens (tertiary/aromatic N) is 2. The SMILES string of the molecule is Cc1ccc(Nc2nc(COC(=O)c3cc(-c4ccc(C)cc4C)nc4ccccc34)cs2)cc1. The fraction of sp³-hybridized carbons (Fsp3) is 0.138. The molecule has 0 aliphatic carbocycles. The van der Waals surface area contributed by atoms with E-state index in [1.165, 1.54) is 22.5 Å². The number of para-hydroxylation sites is 1. The van der Waals surface area contributed by atoms with Crippen LogP contribution in [0.3, 0.4) is 0 Å². The zero-order valence-electron chi connectivity index (χ0n) is 19.8. The zero-order valence-corrected chi connectivity index (χ0v) is 20.6. The first-order valence-corrected chi connectivity index (χ1v) is 12.3. The van der Waals surface area contributed by atoms with Gasteiger partial charge < -0.3 is 10.1 Å². The van der Waals surface area contributed by atoms with Crippen molar-refractivity contribution in [1.29, 1.82) is 0 Å². The number of hydrogen-bond acceptors (Lipinski definition) is 6. The number of aromatic nitrogens is 2. The summed E-state index contributed by atoms with van der Waals surface area (Å²) in [6.07, 6.45) is 0. The molecule has 0 saturated carbocycles. The van der Waals surface area contributed by atoms with Gasteiger partial charge in [-0.05, 0) is 50.6 Å². The van der Waals surface area contributed by atoms with E-state index in [4.69, 9.17) is 9.72 Å². The molecule has 2 aromatic heterocycles. The Bertz CT molecular complexity index is 1520. The molecule has 5 nitrogen and oxygen atoms in total. The average Bonchev–Trinajstić information content (AvgIpc) is 3.30. The maximum absolute atomic E-state index is 13.2. The molecule has 0 saturated heterocycles. The molecule has 0 fully saturated rings. The van der Waals surface area contributed by atoms with Crippen LogP contribution in [0, 0.1) is 20.8 Å². The van der Waals surface area contributed by atoms with Gasteiger partial charge in [-0.3, -0.25) is 0 Å². The minimum Gasteiger partial charge on any atom is -0.456 e. The van der Waals surface area contributed by atoms with E-state index >= 15 is 0 Å². The fourth-order valence-electron chi connectivity index (χ4n) is 3.99. The van der Waals surface area contributed by atoms with Gasteiger partial charge in [-0.2, -0.15) is 0 Å². The van der Waals surface area contributed by atoms with E-state index in [2.05, 4.69) is 49.3 Å². The molecular weight excluding hydrogens is 454 g/mol. The van der Waals surface area contributed by atoms with Crippen molar-refractivity contribution >= 4 is 39.0 Å². The first-order chi connectivity index (χ1) is 17.0. The predicted octanol–water partition coefficient (Wildman–Crippen LogP) is 7.38. The van der Waals surface area contributed by atoms with Gasteiger partial charge in [0.05, 0.1) is 22.5 Å². The van der Waals surface area contributed by atoms with Crippen molar-refractivity contribution < 1.29 is 9.53 Å². The summed E-state index contributed by atoms with van der Waals surface area (Å²) < 4.78 is 5.69. The summed E-state index contributed by atoms with van der Waals surface area (Å²) in [5, 5.41) is 6.71. The first kappa shape index (κ1) is 22.7. The first-order valence-electron chi connectivity index (χ1n) is 11.4. The maximum atomic E-state index is 13.2. The Morgan fingerprint density at radius 1 is 0.914 bits per heavy atom. The number of aryl methyl sites for hydroxylation is 3. The van der Waals surface area contributed by atoms with Crippen LogP contribution in [0.2, 0.25) is 0 Å². The Balaban J connectivity index is 1.37. The van der Waals surface area contributed by atoms with Crippen molar-refractivity contribution in [3.63, 3.8) is 0 Å². The van der Waals surface area contributed by atoms with E-state index < -0.39 is 5.97 Å². The standard InChI is InChI=1S/C29H25N3O2S/c1-18-8-11-21(12-9-18)30-29-31-22(17-35-29)16-34-28(33)25-15-27(23-13-10-19(2)14-20(23)3)32-26-7-5-4-6-24(25)26/h4-15,17H,16H2,1-3H3,(H,30,31). The van der Waals surface area contributed by atoms with Crippen molar-refractivity contribution in [3.8, 4) is 11.3 Å². The summed E-state index contributed by atoms with van der Waals surface area (Å²) >= 11 is 1.48. The molecule has 0 bridgehead atoms. The summed E-state index contributed by atoms with van der Waals surface area (Å²) in [4.78, 5) is 22.6. The molecule has 6 heteroatoms. The summed E-state index contributed by atoms with van der Waals surface area (Å²) in [5.41, 5.74) is 8.18. The Morgan fingerprint density at radius 3 is 2.49 bits per heavy atom. The summed E-state index contributed by atoms with van der Waals surface area (Å²) in [5.74, 6) is -0.393. The maximum Gasteiger partial charge on any atom is 0.339 e. The smallest absolute Gasteiger partial charge is 0.339 e. The Labute approximate surface area is 208 Å². The molecule has 0 radical (unpaired) electrons. The number of benzene rings is 3. The van der Waals surface area contributed by atoms with Crippen LogP contribution in [0.4, 0.5) is 10.8 Å². The molecule has 3 aromatic carbocycles. The highest BCUT2D eigenvalue weighted by molar-refractivity contribution is 7.13. The molecule has 0 amide bonds.